The number of hydrogen-bond acceptors (Lipinski definition) is 13. The van der Waals surface area contributed by atoms with Gasteiger partial charge in [-0.2, -0.15) is 4.98 Å². The molecule has 44 heavy (non-hydrogen) atoms. The zero-order valence-corrected chi connectivity index (χ0v) is 27.0. The van der Waals surface area contributed by atoms with E-state index in [4.69, 9.17) is 24.5 Å². The van der Waals surface area contributed by atoms with Crippen molar-refractivity contribution in [2.75, 3.05) is 25.6 Å². The predicted molar refractivity (Wildman–Crippen MR) is 157 cm³/mol. The van der Waals surface area contributed by atoms with E-state index in [1.165, 1.54) is 19.9 Å². The molecule has 1 fully saturated rings. The molecule has 6 atom stereocenters. The van der Waals surface area contributed by atoms with Crippen LogP contribution in [0.5, 0.6) is 0 Å². The summed E-state index contributed by atoms with van der Waals surface area (Å²) in [6.07, 6.45) is -4.35. The van der Waals surface area contributed by atoms with Crippen molar-refractivity contribution in [3.63, 3.8) is 0 Å². The fraction of sp³-hybridized carbons (Fsp3) is 0.760. The number of rotatable bonds is 13. The summed E-state index contributed by atoms with van der Waals surface area (Å²) in [5.74, 6) is -1.70. The maximum atomic E-state index is 14.1. The van der Waals surface area contributed by atoms with Gasteiger partial charge in [0.05, 0.1) is 19.8 Å². The lowest BCUT2D eigenvalue weighted by atomic mass is 9.99. The van der Waals surface area contributed by atoms with Gasteiger partial charge >= 0.3 is 25.3 Å². The van der Waals surface area contributed by atoms with Gasteiger partial charge in [0, 0.05) is 11.1 Å². The molecule has 0 bridgehead atoms. The predicted octanol–water partition coefficient (Wildman–Crippen LogP) is 1.34. The van der Waals surface area contributed by atoms with Crippen LogP contribution in [0.25, 0.3) is 10.4 Å². The monoisotopic (exact) mass is 646 g/mol. The van der Waals surface area contributed by atoms with E-state index in [0.29, 0.717) is 0 Å². The Balaban J connectivity index is 2.37. The number of nitrogen functional groups attached to an aromatic ring is 1. The van der Waals surface area contributed by atoms with Crippen LogP contribution in [0.15, 0.2) is 22.2 Å². The molecule has 0 unspecified atom stereocenters. The number of azide groups is 1. The molecule has 2 heterocycles. The van der Waals surface area contributed by atoms with Gasteiger partial charge in [-0.05, 0) is 36.3 Å². The van der Waals surface area contributed by atoms with Crippen LogP contribution in [0.4, 0.5) is 5.82 Å². The van der Waals surface area contributed by atoms with Gasteiger partial charge in [0.15, 0.2) is 6.23 Å². The molecule has 6 N–H and O–H groups in total. The smallest absolute Gasteiger partial charge is 0.351 e. The van der Waals surface area contributed by atoms with E-state index in [1.54, 1.807) is 0 Å². The standard InChI is InChI=1S/C25H43N8O10P/c1-14(20(36)40-11-23(3,4)5)29-44(39,30-15(2)21(37)41-12-24(6,7)8)42-13-25(31-32-27)18(35)17(34)19(43-25)33-10-9-16(26)28-22(33)38/h9-10,14-15,17-19,34-35H,11-13H2,1-8H3,(H2,26,28,38)(H2,29,30,39)/t14-,15-,17+,18-,19+,25+/m0/s1. The fourth-order valence-electron chi connectivity index (χ4n) is 3.65. The van der Waals surface area contributed by atoms with Gasteiger partial charge in [-0.25, -0.2) is 15.0 Å². The van der Waals surface area contributed by atoms with E-state index in [9.17, 15) is 34.7 Å². The molecule has 1 aromatic rings. The Morgan fingerprint density at radius 3 is 2.09 bits per heavy atom. The van der Waals surface area contributed by atoms with E-state index in [-0.39, 0.29) is 29.9 Å². The minimum absolute atomic E-state index is 0.0463. The van der Waals surface area contributed by atoms with Gasteiger partial charge < -0.3 is 34.7 Å². The zero-order valence-electron chi connectivity index (χ0n) is 26.1. The van der Waals surface area contributed by atoms with Crippen molar-refractivity contribution in [3.05, 3.63) is 33.2 Å². The van der Waals surface area contributed by atoms with Crippen molar-refractivity contribution in [1.29, 1.82) is 0 Å². The number of aromatic nitrogens is 2. The molecule has 1 aromatic heterocycles. The minimum atomic E-state index is -4.50. The third-order valence-corrected chi connectivity index (χ3v) is 7.87. The largest absolute Gasteiger partial charge is 0.464 e. The number of nitrogens with zero attached hydrogens (tertiary/aromatic N) is 5. The highest BCUT2D eigenvalue weighted by atomic mass is 31.2. The average Bonchev–Trinajstić information content (AvgIpc) is 3.14. The Hall–Kier alpha value is -3.08. The van der Waals surface area contributed by atoms with Crippen LogP contribution in [0.1, 0.15) is 61.6 Å². The lowest BCUT2D eigenvalue weighted by Gasteiger charge is -2.31. The maximum absolute atomic E-state index is 14.1. The molecule has 0 amide bonds. The Bertz CT molecular complexity index is 1300. The lowest BCUT2D eigenvalue weighted by molar-refractivity contribution is -0.148. The highest BCUT2D eigenvalue weighted by Crippen LogP contribution is 2.45. The highest BCUT2D eigenvalue weighted by Gasteiger charge is 2.56. The van der Waals surface area contributed by atoms with Crippen molar-refractivity contribution >= 4 is 25.4 Å². The van der Waals surface area contributed by atoms with Crippen LogP contribution < -0.4 is 21.6 Å². The van der Waals surface area contributed by atoms with Crippen LogP contribution in [0, 0.1) is 10.8 Å². The Morgan fingerprint density at radius 2 is 1.66 bits per heavy atom. The number of nitrogens with one attached hydrogen (secondary N) is 2. The van der Waals surface area contributed by atoms with Gasteiger partial charge in [-0.1, -0.05) is 46.7 Å². The first-order valence-corrected chi connectivity index (χ1v) is 15.3. The lowest BCUT2D eigenvalue weighted by Crippen LogP contribution is -2.47. The molecule has 1 saturated heterocycles. The number of aliphatic hydroxyl groups excluding tert-OH is 2. The summed E-state index contributed by atoms with van der Waals surface area (Å²) in [6, 6.07) is -1.27. The number of ether oxygens (including phenoxy) is 3. The number of hydrogen-bond donors (Lipinski definition) is 5. The second-order valence-electron chi connectivity index (χ2n) is 12.9. The average molecular weight is 647 g/mol. The van der Waals surface area contributed by atoms with E-state index < -0.39 is 68.2 Å². The normalized spacial score (nSPS) is 23.8. The van der Waals surface area contributed by atoms with Crippen LogP contribution in [-0.4, -0.2) is 81.5 Å². The molecule has 248 valence electrons. The number of carbonyl (C=O) groups excluding carboxylic acids is 2. The van der Waals surface area contributed by atoms with Crippen LogP contribution in [0.3, 0.4) is 0 Å². The third kappa shape index (κ3) is 10.2. The third-order valence-electron chi connectivity index (χ3n) is 5.92. The molecule has 2 rings (SSSR count). The molecule has 0 aliphatic carbocycles. The molecular weight excluding hydrogens is 603 g/mol. The summed E-state index contributed by atoms with van der Waals surface area (Å²) >= 11 is 0. The number of esters is 2. The van der Waals surface area contributed by atoms with Crippen molar-refractivity contribution < 1.29 is 43.1 Å². The van der Waals surface area contributed by atoms with E-state index >= 15 is 0 Å². The molecule has 0 spiro atoms. The molecule has 0 aromatic carbocycles. The molecule has 18 nitrogen and oxygen atoms in total. The number of anilines is 1. The van der Waals surface area contributed by atoms with E-state index in [2.05, 4.69) is 25.2 Å². The summed E-state index contributed by atoms with van der Waals surface area (Å²) in [5, 5.41) is 30.0. The first-order valence-electron chi connectivity index (χ1n) is 13.7. The molecule has 1 aliphatic rings. The second kappa shape index (κ2) is 14.3. The topological polar surface area (TPSA) is 262 Å². The fourth-order valence-corrected chi connectivity index (χ4v) is 5.48. The van der Waals surface area contributed by atoms with Crippen molar-refractivity contribution in [2.24, 2.45) is 15.9 Å². The maximum Gasteiger partial charge on any atom is 0.351 e. The Labute approximate surface area is 254 Å². The van der Waals surface area contributed by atoms with E-state index in [0.717, 1.165) is 10.8 Å². The van der Waals surface area contributed by atoms with Crippen molar-refractivity contribution in [1.82, 2.24) is 19.7 Å². The number of carbonyl (C=O) groups is 2. The molecule has 1 aliphatic heterocycles. The Morgan fingerprint density at radius 1 is 1.16 bits per heavy atom. The summed E-state index contributed by atoms with van der Waals surface area (Å²) in [4.78, 5) is 43.9. The van der Waals surface area contributed by atoms with Crippen LogP contribution in [-0.2, 0) is 32.9 Å². The van der Waals surface area contributed by atoms with Gasteiger partial charge in [0.2, 0.25) is 5.72 Å². The SMILES string of the molecule is C[C@H](NP(=O)(N[C@@H](C)C(=O)OCC(C)(C)C)OC[C@@]1(N=[N+]=[N-])O[C@@H](n2ccc(N)nc2=O)[C@H](O)[C@@H]1O)C(=O)OCC(C)(C)C. The van der Waals surface area contributed by atoms with Gasteiger partial charge in [0.1, 0.15) is 30.1 Å². The highest BCUT2D eigenvalue weighted by molar-refractivity contribution is 7.54. The second-order valence-corrected chi connectivity index (χ2v) is 14.8. The first kappa shape index (κ1) is 37.1. The number of nitrogens with two attached hydrogens (primary N) is 1. The summed E-state index contributed by atoms with van der Waals surface area (Å²) in [6.45, 7) is 12.9. The molecule has 0 saturated carbocycles. The first-order chi connectivity index (χ1) is 20.1. The van der Waals surface area contributed by atoms with Crippen molar-refractivity contribution in [3.8, 4) is 0 Å². The van der Waals surface area contributed by atoms with E-state index in [1.807, 2.05) is 41.5 Å². The van der Waals surface area contributed by atoms with Gasteiger partial charge in [-0.15, -0.1) is 0 Å². The molecular formula is C25H43N8O10P. The van der Waals surface area contributed by atoms with Crippen LogP contribution in [0.2, 0.25) is 0 Å². The number of aliphatic hydroxyl groups is 2. The zero-order chi connectivity index (χ0) is 33.7. The van der Waals surface area contributed by atoms with Gasteiger partial charge in [-0.3, -0.25) is 18.7 Å². The van der Waals surface area contributed by atoms with Crippen LogP contribution >= 0.6 is 7.67 Å². The minimum Gasteiger partial charge on any atom is -0.464 e. The van der Waals surface area contributed by atoms with Crippen molar-refractivity contribution in [2.45, 2.75) is 91.6 Å². The van der Waals surface area contributed by atoms with Gasteiger partial charge in [0.25, 0.3) is 0 Å². The quantitative estimate of drug-likeness (QED) is 0.0666. The Kier molecular flexibility index (Phi) is 12.1. The molecule has 19 heteroatoms. The summed E-state index contributed by atoms with van der Waals surface area (Å²) < 4.78 is 36.7. The summed E-state index contributed by atoms with van der Waals surface area (Å²) in [7, 11) is -4.50. The molecule has 0 radical (unpaired) electrons. The summed E-state index contributed by atoms with van der Waals surface area (Å²) in [5.41, 5.74) is 10.7.